The van der Waals surface area contributed by atoms with Crippen LogP contribution >= 0.6 is 0 Å². The van der Waals surface area contributed by atoms with Crippen LogP contribution < -0.4 is 14.8 Å². The average molecular weight is 253 g/mol. The van der Waals surface area contributed by atoms with Gasteiger partial charge in [0.2, 0.25) is 0 Å². The van der Waals surface area contributed by atoms with E-state index in [0.29, 0.717) is 17.2 Å². The maximum atomic E-state index is 11.5. The summed E-state index contributed by atoms with van der Waals surface area (Å²) in [5, 5.41) is 2.40. The maximum absolute atomic E-state index is 11.5. The zero-order chi connectivity index (χ0) is 13.5. The second-order valence-corrected chi connectivity index (χ2v) is 3.24. The molecule has 18 heavy (non-hydrogen) atoms. The smallest absolute Gasteiger partial charge is 0.397 e. The Balaban J connectivity index is 2.84. The molecule has 0 saturated heterocycles. The van der Waals surface area contributed by atoms with E-state index >= 15 is 0 Å². The molecule has 0 fully saturated rings. The Morgan fingerprint density at radius 2 is 1.94 bits per heavy atom. The summed E-state index contributed by atoms with van der Waals surface area (Å²) in [7, 11) is 2.97. The van der Waals surface area contributed by atoms with Crippen LogP contribution in [0.25, 0.3) is 0 Å². The van der Waals surface area contributed by atoms with Crippen LogP contribution in [0.5, 0.6) is 11.5 Å². The first-order chi connectivity index (χ1) is 8.62. The number of ether oxygens (including phenoxy) is 3. The summed E-state index contributed by atoms with van der Waals surface area (Å²) >= 11 is 0. The van der Waals surface area contributed by atoms with Gasteiger partial charge in [0, 0.05) is 6.07 Å². The fraction of sp³-hybridized carbons (Fsp3) is 0.333. The van der Waals surface area contributed by atoms with Gasteiger partial charge in [-0.15, -0.1) is 0 Å². The van der Waals surface area contributed by atoms with E-state index < -0.39 is 11.9 Å². The standard InChI is InChI=1S/C12H15NO5/c1-4-18-12(15)11(14)13-9-6-5-8(16-2)7-10(9)17-3/h5-7H,4H2,1-3H3,(H,13,14). The van der Waals surface area contributed by atoms with Crippen molar-refractivity contribution in [3.05, 3.63) is 18.2 Å². The summed E-state index contributed by atoms with van der Waals surface area (Å²) in [5.74, 6) is -0.802. The van der Waals surface area contributed by atoms with E-state index in [0.717, 1.165) is 0 Å². The summed E-state index contributed by atoms with van der Waals surface area (Å²) in [6.07, 6.45) is 0. The van der Waals surface area contributed by atoms with Crippen LogP contribution in [0.3, 0.4) is 0 Å². The minimum absolute atomic E-state index is 0.145. The Kier molecular flexibility index (Phi) is 4.98. The van der Waals surface area contributed by atoms with Crippen molar-refractivity contribution in [2.45, 2.75) is 6.92 Å². The molecule has 0 radical (unpaired) electrons. The first-order valence-electron chi connectivity index (χ1n) is 5.32. The average Bonchev–Trinajstić information content (AvgIpc) is 2.39. The number of hydrogen-bond donors (Lipinski definition) is 1. The molecule has 0 spiro atoms. The number of amides is 1. The number of esters is 1. The lowest BCUT2D eigenvalue weighted by molar-refractivity contribution is -0.152. The number of benzene rings is 1. The third-order valence-electron chi connectivity index (χ3n) is 2.12. The predicted octanol–water partition coefficient (Wildman–Crippen LogP) is 1.21. The first-order valence-corrected chi connectivity index (χ1v) is 5.32. The molecule has 0 heterocycles. The van der Waals surface area contributed by atoms with Gasteiger partial charge in [0.1, 0.15) is 11.5 Å². The molecule has 0 atom stereocenters. The maximum Gasteiger partial charge on any atom is 0.397 e. The van der Waals surface area contributed by atoms with Crippen molar-refractivity contribution in [1.29, 1.82) is 0 Å². The molecule has 0 aliphatic rings. The predicted molar refractivity (Wildman–Crippen MR) is 64.8 cm³/mol. The third kappa shape index (κ3) is 3.38. The van der Waals surface area contributed by atoms with E-state index in [1.807, 2.05) is 0 Å². The van der Waals surface area contributed by atoms with Gasteiger partial charge < -0.3 is 19.5 Å². The Morgan fingerprint density at radius 3 is 2.50 bits per heavy atom. The number of methoxy groups -OCH3 is 2. The van der Waals surface area contributed by atoms with Crippen molar-refractivity contribution in [2.75, 3.05) is 26.1 Å². The highest BCUT2D eigenvalue weighted by Gasteiger charge is 2.17. The molecule has 1 aromatic rings. The van der Waals surface area contributed by atoms with Gasteiger partial charge in [0.15, 0.2) is 0 Å². The molecule has 1 N–H and O–H groups in total. The van der Waals surface area contributed by atoms with Crippen LogP contribution in [0.1, 0.15) is 6.92 Å². The van der Waals surface area contributed by atoms with Gasteiger partial charge in [-0.3, -0.25) is 4.79 Å². The topological polar surface area (TPSA) is 73.9 Å². The van der Waals surface area contributed by atoms with Crippen LogP contribution in [-0.2, 0) is 14.3 Å². The number of carbonyl (C=O) groups excluding carboxylic acids is 2. The van der Waals surface area contributed by atoms with Crippen molar-refractivity contribution in [3.63, 3.8) is 0 Å². The number of anilines is 1. The van der Waals surface area contributed by atoms with Crippen molar-refractivity contribution >= 4 is 17.6 Å². The number of rotatable bonds is 4. The summed E-state index contributed by atoms with van der Waals surface area (Å²) in [5.41, 5.74) is 0.372. The van der Waals surface area contributed by atoms with Crippen LogP contribution in [0.15, 0.2) is 18.2 Å². The van der Waals surface area contributed by atoms with Gasteiger partial charge in [-0.05, 0) is 19.1 Å². The van der Waals surface area contributed by atoms with E-state index in [2.05, 4.69) is 10.1 Å². The lowest BCUT2D eigenvalue weighted by atomic mass is 10.2. The Morgan fingerprint density at radius 1 is 1.22 bits per heavy atom. The van der Waals surface area contributed by atoms with Crippen molar-refractivity contribution < 1.29 is 23.8 Å². The Bertz CT molecular complexity index is 444. The summed E-state index contributed by atoms with van der Waals surface area (Å²) < 4.78 is 14.7. The zero-order valence-corrected chi connectivity index (χ0v) is 10.5. The molecule has 0 unspecified atom stereocenters. The third-order valence-corrected chi connectivity index (χ3v) is 2.12. The molecular weight excluding hydrogens is 238 g/mol. The number of carbonyl (C=O) groups is 2. The van der Waals surface area contributed by atoms with Gasteiger partial charge in [-0.2, -0.15) is 0 Å². The molecule has 0 bridgehead atoms. The zero-order valence-electron chi connectivity index (χ0n) is 10.5. The molecule has 98 valence electrons. The summed E-state index contributed by atoms with van der Waals surface area (Å²) in [4.78, 5) is 22.6. The number of nitrogens with one attached hydrogen (secondary N) is 1. The Hall–Kier alpha value is -2.24. The van der Waals surface area contributed by atoms with Gasteiger partial charge in [-0.25, -0.2) is 4.79 Å². The van der Waals surface area contributed by atoms with E-state index in [1.54, 1.807) is 25.1 Å². The second kappa shape index (κ2) is 6.48. The normalized spacial score (nSPS) is 9.50. The molecule has 0 aliphatic carbocycles. The van der Waals surface area contributed by atoms with Gasteiger partial charge in [0.05, 0.1) is 26.5 Å². The highest BCUT2D eigenvalue weighted by atomic mass is 16.5. The fourth-order valence-electron chi connectivity index (χ4n) is 1.27. The molecule has 1 aromatic carbocycles. The van der Waals surface area contributed by atoms with Crippen LogP contribution in [-0.4, -0.2) is 32.7 Å². The fourth-order valence-corrected chi connectivity index (χ4v) is 1.27. The lowest BCUT2D eigenvalue weighted by Gasteiger charge is -2.10. The molecule has 6 heteroatoms. The molecule has 0 saturated carbocycles. The van der Waals surface area contributed by atoms with Crippen molar-refractivity contribution in [3.8, 4) is 11.5 Å². The highest BCUT2D eigenvalue weighted by Crippen LogP contribution is 2.28. The largest absolute Gasteiger partial charge is 0.497 e. The van der Waals surface area contributed by atoms with Crippen LogP contribution in [0.2, 0.25) is 0 Å². The lowest BCUT2D eigenvalue weighted by Crippen LogP contribution is -2.25. The molecular formula is C12H15NO5. The molecule has 6 nitrogen and oxygen atoms in total. The number of hydrogen-bond acceptors (Lipinski definition) is 5. The molecule has 0 aromatic heterocycles. The van der Waals surface area contributed by atoms with Gasteiger partial charge in [0.25, 0.3) is 0 Å². The van der Waals surface area contributed by atoms with Crippen LogP contribution in [0, 0.1) is 0 Å². The summed E-state index contributed by atoms with van der Waals surface area (Å²) in [6, 6.07) is 4.82. The van der Waals surface area contributed by atoms with E-state index in [1.165, 1.54) is 14.2 Å². The SMILES string of the molecule is CCOC(=O)C(=O)Nc1ccc(OC)cc1OC. The first kappa shape index (κ1) is 13.8. The minimum Gasteiger partial charge on any atom is -0.497 e. The van der Waals surface area contributed by atoms with Gasteiger partial charge >= 0.3 is 11.9 Å². The molecule has 1 amide bonds. The van der Waals surface area contributed by atoms with Crippen LogP contribution in [0.4, 0.5) is 5.69 Å². The second-order valence-electron chi connectivity index (χ2n) is 3.24. The summed E-state index contributed by atoms with van der Waals surface area (Å²) in [6.45, 7) is 1.77. The van der Waals surface area contributed by atoms with Crippen molar-refractivity contribution in [1.82, 2.24) is 0 Å². The van der Waals surface area contributed by atoms with Gasteiger partial charge in [-0.1, -0.05) is 0 Å². The quantitative estimate of drug-likeness (QED) is 0.644. The van der Waals surface area contributed by atoms with E-state index in [-0.39, 0.29) is 6.61 Å². The highest BCUT2D eigenvalue weighted by molar-refractivity contribution is 6.37. The molecule has 0 aliphatic heterocycles. The molecule has 1 rings (SSSR count). The monoisotopic (exact) mass is 253 g/mol. The minimum atomic E-state index is -0.935. The Labute approximate surface area is 105 Å². The van der Waals surface area contributed by atoms with E-state index in [9.17, 15) is 9.59 Å². The van der Waals surface area contributed by atoms with E-state index in [4.69, 9.17) is 9.47 Å². The van der Waals surface area contributed by atoms with Crippen molar-refractivity contribution in [2.24, 2.45) is 0 Å².